The molecule has 0 fully saturated rings. The first-order chi connectivity index (χ1) is 7.79. The van der Waals surface area contributed by atoms with Crippen LogP contribution in [0.2, 0.25) is 0 Å². The molecule has 0 bridgehead atoms. The highest BCUT2D eigenvalue weighted by atomic mass is 14.7. The molecule has 0 aliphatic carbocycles. The van der Waals surface area contributed by atoms with Crippen molar-refractivity contribution in [1.29, 1.82) is 0 Å². The topological polar surface area (TPSA) is 12.9 Å². The molecule has 0 saturated heterocycles. The molecule has 0 atom stereocenters. The molecule has 1 nitrogen and oxygen atoms in total. The van der Waals surface area contributed by atoms with Gasteiger partial charge >= 0.3 is 0 Å². The van der Waals surface area contributed by atoms with E-state index < -0.39 is 0 Å². The van der Waals surface area contributed by atoms with Gasteiger partial charge in [0.05, 0.1) is 0 Å². The molecule has 0 aliphatic rings. The van der Waals surface area contributed by atoms with E-state index in [1.54, 1.807) is 0 Å². The van der Waals surface area contributed by atoms with Crippen molar-refractivity contribution in [3.8, 4) is 0 Å². The van der Waals surface area contributed by atoms with Crippen LogP contribution in [0.15, 0.2) is 30.5 Å². The van der Waals surface area contributed by atoms with Crippen molar-refractivity contribution in [3.05, 3.63) is 41.7 Å². The number of aromatic nitrogens is 1. The Bertz CT molecular complexity index is 419. The predicted octanol–water partition coefficient (Wildman–Crippen LogP) is 4.90. The zero-order valence-corrected chi connectivity index (χ0v) is 11.3. The molecule has 0 saturated carbocycles. The summed E-state index contributed by atoms with van der Waals surface area (Å²) in [7, 11) is 0. The van der Waals surface area contributed by atoms with Gasteiger partial charge in [0.15, 0.2) is 0 Å². The molecule has 1 aromatic carbocycles. The molecule has 0 radical (unpaired) electrons. The van der Waals surface area contributed by atoms with E-state index in [0.29, 0.717) is 0 Å². The summed E-state index contributed by atoms with van der Waals surface area (Å²) in [6.07, 6.45) is 1.93. The smallest absolute Gasteiger partial charge is 0.0408 e. The van der Waals surface area contributed by atoms with Crippen LogP contribution < -0.4 is 0 Å². The number of fused-ring (bicyclic) bond motifs is 1. The van der Waals surface area contributed by atoms with Gasteiger partial charge in [0.1, 0.15) is 0 Å². The van der Waals surface area contributed by atoms with Gasteiger partial charge in [-0.3, -0.25) is 4.98 Å². The Morgan fingerprint density at radius 1 is 0.875 bits per heavy atom. The number of aryl methyl sites for hydroxylation is 2. The zero-order valence-electron chi connectivity index (χ0n) is 11.3. The number of hydrogen-bond donors (Lipinski definition) is 0. The van der Waals surface area contributed by atoms with Crippen LogP contribution >= 0.6 is 0 Å². The first-order valence-electron chi connectivity index (χ1n) is 6.10. The Morgan fingerprint density at radius 3 is 2.06 bits per heavy atom. The lowest BCUT2D eigenvalue weighted by Gasteiger charge is -2.03. The van der Waals surface area contributed by atoms with Gasteiger partial charge in [0.25, 0.3) is 0 Å². The summed E-state index contributed by atoms with van der Waals surface area (Å²) in [6.45, 7) is 12.2. The number of nitrogens with zero attached hydrogens (tertiary/aromatic N) is 1. The maximum absolute atomic E-state index is 4.31. The van der Waals surface area contributed by atoms with Gasteiger partial charge in [0.2, 0.25) is 0 Å². The lowest BCUT2D eigenvalue weighted by molar-refractivity contribution is 1.18. The molecule has 16 heavy (non-hydrogen) atoms. The Labute approximate surface area is 99.5 Å². The van der Waals surface area contributed by atoms with Gasteiger partial charge in [-0.15, -0.1) is 0 Å². The van der Waals surface area contributed by atoms with E-state index in [-0.39, 0.29) is 0 Å². The first kappa shape index (κ1) is 14.6. The largest absolute Gasteiger partial charge is 0.261 e. The van der Waals surface area contributed by atoms with Crippen LogP contribution in [-0.2, 0) is 0 Å². The van der Waals surface area contributed by atoms with Crippen LogP contribution in [0.5, 0.6) is 0 Å². The minimum Gasteiger partial charge on any atom is -0.261 e. The fraction of sp³-hybridized carbons (Fsp3) is 0.400. The summed E-state index contributed by atoms with van der Waals surface area (Å²) in [5.74, 6) is 0. The van der Waals surface area contributed by atoms with Crippen molar-refractivity contribution in [2.45, 2.75) is 41.5 Å². The Balaban J connectivity index is 0.000000509. The van der Waals surface area contributed by atoms with E-state index >= 15 is 0 Å². The molecule has 2 rings (SSSR count). The molecule has 1 heterocycles. The summed E-state index contributed by atoms with van der Waals surface area (Å²) >= 11 is 0. The molecular weight excluding hydrogens is 194 g/mol. The number of rotatable bonds is 0. The lowest BCUT2D eigenvalue weighted by Crippen LogP contribution is -1.87. The fourth-order valence-corrected chi connectivity index (χ4v) is 1.41. The Kier molecular flexibility index (Phi) is 7.19. The summed E-state index contributed by atoms with van der Waals surface area (Å²) < 4.78 is 0. The minimum atomic E-state index is 1.12. The van der Waals surface area contributed by atoms with E-state index in [1.165, 1.54) is 16.3 Å². The summed E-state index contributed by atoms with van der Waals surface area (Å²) in [4.78, 5) is 4.31. The molecule has 0 spiro atoms. The third kappa shape index (κ3) is 3.34. The first-order valence-corrected chi connectivity index (χ1v) is 6.10. The molecule has 2 aromatic rings. The second kappa shape index (κ2) is 7.86. The van der Waals surface area contributed by atoms with Crippen molar-refractivity contribution in [3.63, 3.8) is 0 Å². The van der Waals surface area contributed by atoms with Crippen LogP contribution in [-0.4, -0.2) is 4.98 Å². The monoisotopic (exact) mass is 217 g/mol. The SMILES string of the molecule is CC.CC.Cc1ncc2ccccc2c1C. The highest BCUT2D eigenvalue weighted by molar-refractivity contribution is 5.85. The molecule has 0 aliphatic heterocycles. The van der Waals surface area contributed by atoms with Crippen LogP contribution in [0.3, 0.4) is 0 Å². The third-order valence-electron chi connectivity index (χ3n) is 2.30. The van der Waals surface area contributed by atoms with E-state index in [1.807, 2.05) is 46.9 Å². The van der Waals surface area contributed by atoms with E-state index in [2.05, 4.69) is 30.1 Å². The zero-order chi connectivity index (χ0) is 12.6. The highest BCUT2D eigenvalue weighted by Gasteiger charge is 1.98. The summed E-state index contributed by atoms with van der Waals surface area (Å²) in [6, 6.07) is 8.34. The second-order valence-electron chi connectivity index (χ2n) is 3.06. The van der Waals surface area contributed by atoms with Gasteiger partial charge in [-0.1, -0.05) is 52.0 Å². The van der Waals surface area contributed by atoms with Crippen LogP contribution in [0.25, 0.3) is 10.8 Å². The van der Waals surface area contributed by atoms with Gasteiger partial charge in [0, 0.05) is 17.3 Å². The molecule has 1 aromatic heterocycles. The fourth-order valence-electron chi connectivity index (χ4n) is 1.41. The molecular formula is C15H23N. The number of pyridine rings is 1. The standard InChI is InChI=1S/C11H11N.2C2H6/c1-8-9(2)12-7-10-5-3-4-6-11(8)10;2*1-2/h3-7H,1-2H3;2*1-2H3. The maximum Gasteiger partial charge on any atom is 0.0408 e. The van der Waals surface area contributed by atoms with Gasteiger partial charge in [-0.2, -0.15) is 0 Å². The van der Waals surface area contributed by atoms with Crippen molar-refractivity contribution in [1.82, 2.24) is 4.98 Å². The molecule has 88 valence electrons. The maximum atomic E-state index is 4.31. The predicted molar refractivity (Wildman–Crippen MR) is 73.9 cm³/mol. The molecule has 0 unspecified atom stereocenters. The normalized spacial score (nSPS) is 8.62. The molecule has 0 N–H and O–H groups in total. The van der Waals surface area contributed by atoms with E-state index in [0.717, 1.165) is 5.69 Å². The van der Waals surface area contributed by atoms with Gasteiger partial charge in [-0.05, 0) is 24.8 Å². The summed E-state index contributed by atoms with van der Waals surface area (Å²) in [5.41, 5.74) is 2.40. The second-order valence-corrected chi connectivity index (χ2v) is 3.06. The van der Waals surface area contributed by atoms with Crippen LogP contribution in [0.1, 0.15) is 39.0 Å². The third-order valence-corrected chi connectivity index (χ3v) is 2.30. The highest BCUT2D eigenvalue weighted by Crippen LogP contribution is 2.18. The molecule has 1 heteroatoms. The average Bonchev–Trinajstić information content (AvgIpc) is 2.39. The van der Waals surface area contributed by atoms with Crippen molar-refractivity contribution in [2.75, 3.05) is 0 Å². The van der Waals surface area contributed by atoms with E-state index in [9.17, 15) is 0 Å². The number of benzene rings is 1. The van der Waals surface area contributed by atoms with Crippen LogP contribution in [0.4, 0.5) is 0 Å². The lowest BCUT2D eigenvalue weighted by atomic mass is 10.1. The van der Waals surface area contributed by atoms with E-state index in [4.69, 9.17) is 0 Å². The van der Waals surface area contributed by atoms with Crippen molar-refractivity contribution in [2.24, 2.45) is 0 Å². The molecule has 0 amide bonds. The summed E-state index contributed by atoms with van der Waals surface area (Å²) in [5, 5.41) is 2.53. The van der Waals surface area contributed by atoms with Gasteiger partial charge in [-0.25, -0.2) is 0 Å². The van der Waals surface area contributed by atoms with Gasteiger partial charge < -0.3 is 0 Å². The Hall–Kier alpha value is -1.37. The average molecular weight is 217 g/mol. The quantitative estimate of drug-likeness (QED) is 0.611. The van der Waals surface area contributed by atoms with Crippen molar-refractivity contribution < 1.29 is 0 Å². The number of hydrogen-bond acceptors (Lipinski definition) is 1. The van der Waals surface area contributed by atoms with Crippen molar-refractivity contribution >= 4 is 10.8 Å². The Morgan fingerprint density at radius 2 is 1.44 bits per heavy atom. The minimum absolute atomic E-state index is 1.12. The van der Waals surface area contributed by atoms with Crippen LogP contribution in [0, 0.1) is 13.8 Å².